The summed E-state index contributed by atoms with van der Waals surface area (Å²) in [6, 6.07) is 14.9. The lowest BCUT2D eigenvalue weighted by Gasteiger charge is -2.10. The lowest BCUT2D eigenvalue weighted by molar-refractivity contribution is 0.174. The Hall–Kier alpha value is -2.00. The zero-order valence-corrected chi connectivity index (χ0v) is 13.0. The van der Waals surface area contributed by atoms with E-state index < -0.39 is 0 Å². The van der Waals surface area contributed by atoms with Crippen molar-refractivity contribution in [3.8, 4) is 22.6 Å². The van der Waals surface area contributed by atoms with Gasteiger partial charge in [0.05, 0.1) is 0 Å². The average Bonchev–Trinajstić information content (AvgIpc) is 3.01. The molecule has 0 spiro atoms. The predicted molar refractivity (Wildman–Crippen MR) is 89.2 cm³/mol. The van der Waals surface area contributed by atoms with E-state index in [-0.39, 0.29) is 0 Å². The molecule has 0 radical (unpaired) electrons. The Morgan fingerprint density at radius 3 is 2.45 bits per heavy atom. The van der Waals surface area contributed by atoms with Crippen molar-refractivity contribution < 1.29 is 9.47 Å². The average molecular weight is 297 g/mol. The quantitative estimate of drug-likeness (QED) is 0.876. The molecule has 3 rings (SSSR count). The first-order valence-electron chi connectivity index (χ1n) is 7.95. The molecule has 0 aromatic heterocycles. The van der Waals surface area contributed by atoms with Gasteiger partial charge in [0, 0.05) is 0 Å². The van der Waals surface area contributed by atoms with Crippen molar-refractivity contribution in [2.75, 3.05) is 13.3 Å². The predicted octanol–water partition coefficient (Wildman–Crippen LogP) is 4.00. The zero-order chi connectivity index (χ0) is 15.4. The monoisotopic (exact) mass is 297 g/mol. The Morgan fingerprint density at radius 1 is 0.955 bits per heavy atom. The third kappa shape index (κ3) is 3.42. The number of benzene rings is 2. The second-order valence-electron chi connectivity index (χ2n) is 5.99. The fourth-order valence-electron chi connectivity index (χ4n) is 2.78. The number of aryl methyl sites for hydroxylation is 1. The van der Waals surface area contributed by atoms with E-state index in [0.29, 0.717) is 12.7 Å². The molecule has 1 aliphatic rings. The van der Waals surface area contributed by atoms with Gasteiger partial charge in [0.15, 0.2) is 11.5 Å². The first-order valence-corrected chi connectivity index (χ1v) is 7.95. The molecule has 0 saturated carbocycles. The van der Waals surface area contributed by atoms with Crippen LogP contribution in [0.2, 0.25) is 0 Å². The van der Waals surface area contributed by atoms with Crippen LogP contribution in [0, 0.1) is 5.92 Å². The third-order valence-corrected chi connectivity index (χ3v) is 4.25. The van der Waals surface area contributed by atoms with Crippen LogP contribution in [0.25, 0.3) is 11.1 Å². The van der Waals surface area contributed by atoms with Gasteiger partial charge < -0.3 is 15.2 Å². The molecular weight excluding hydrogens is 274 g/mol. The molecular formula is C19H23NO2. The largest absolute Gasteiger partial charge is 0.454 e. The maximum atomic E-state index is 5.60. The van der Waals surface area contributed by atoms with Gasteiger partial charge in [-0.1, -0.05) is 37.3 Å². The molecule has 0 amide bonds. The van der Waals surface area contributed by atoms with Crippen molar-refractivity contribution in [3.63, 3.8) is 0 Å². The van der Waals surface area contributed by atoms with E-state index in [1.165, 1.54) is 17.5 Å². The van der Waals surface area contributed by atoms with Crippen molar-refractivity contribution in [1.29, 1.82) is 0 Å². The Balaban J connectivity index is 1.66. The standard InChI is InChI=1S/C19H23NO2/c1-14(10-11-20)2-3-15-4-6-16(7-5-15)17-8-9-18-19(12-17)22-13-21-18/h4-9,12,14H,2-3,10-11,13,20H2,1H3. The molecule has 3 heteroatoms. The van der Waals surface area contributed by atoms with Gasteiger partial charge in [-0.2, -0.15) is 0 Å². The zero-order valence-electron chi connectivity index (χ0n) is 13.0. The van der Waals surface area contributed by atoms with E-state index in [4.69, 9.17) is 15.2 Å². The molecule has 2 aromatic carbocycles. The van der Waals surface area contributed by atoms with Gasteiger partial charge in [-0.15, -0.1) is 0 Å². The van der Waals surface area contributed by atoms with E-state index in [9.17, 15) is 0 Å². The van der Waals surface area contributed by atoms with Crippen LogP contribution in [0.15, 0.2) is 42.5 Å². The highest BCUT2D eigenvalue weighted by atomic mass is 16.7. The minimum Gasteiger partial charge on any atom is -0.454 e. The van der Waals surface area contributed by atoms with Crippen LogP contribution >= 0.6 is 0 Å². The van der Waals surface area contributed by atoms with Crippen LogP contribution in [0.5, 0.6) is 11.5 Å². The van der Waals surface area contributed by atoms with Gasteiger partial charge in [0.25, 0.3) is 0 Å². The number of hydrogen-bond acceptors (Lipinski definition) is 3. The molecule has 0 aliphatic carbocycles. The van der Waals surface area contributed by atoms with Gasteiger partial charge in [0.1, 0.15) is 0 Å². The van der Waals surface area contributed by atoms with Gasteiger partial charge >= 0.3 is 0 Å². The molecule has 22 heavy (non-hydrogen) atoms. The summed E-state index contributed by atoms with van der Waals surface area (Å²) < 4.78 is 10.8. The van der Waals surface area contributed by atoms with Crippen molar-refractivity contribution in [2.45, 2.75) is 26.2 Å². The molecule has 116 valence electrons. The fourth-order valence-corrected chi connectivity index (χ4v) is 2.78. The van der Waals surface area contributed by atoms with E-state index in [1.54, 1.807) is 0 Å². The van der Waals surface area contributed by atoms with Gasteiger partial charge in [-0.05, 0) is 60.5 Å². The summed E-state index contributed by atoms with van der Waals surface area (Å²) in [4.78, 5) is 0. The van der Waals surface area contributed by atoms with Gasteiger partial charge in [-0.3, -0.25) is 0 Å². The van der Waals surface area contributed by atoms with E-state index in [1.807, 2.05) is 12.1 Å². The molecule has 0 fully saturated rings. The molecule has 1 unspecified atom stereocenters. The Morgan fingerprint density at radius 2 is 1.68 bits per heavy atom. The van der Waals surface area contributed by atoms with Crippen molar-refractivity contribution >= 4 is 0 Å². The first kappa shape index (κ1) is 14.9. The number of nitrogens with two attached hydrogens (primary N) is 1. The number of rotatable bonds is 6. The van der Waals surface area contributed by atoms with Crippen LogP contribution in [0.1, 0.15) is 25.3 Å². The Kier molecular flexibility index (Phi) is 4.64. The Bertz CT molecular complexity index is 622. The Labute approximate surface area is 132 Å². The molecule has 1 atom stereocenters. The molecule has 0 bridgehead atoms. The minimum absolute atomic E-state index is 0.318. The molecule has 2 N–H and O–H groups in total. The summed E-state index contributed by atoms with van der Waals surface area (Å²) in [5, 5.41) is 0. The summed E-state index contributed by atoms with van der Waals surface area (Å²) in [7, 11) is 0. The number of fused-ring (bicyclic) bond motifs is 1. The minimum atomic E-state index is 0.318. The van der Waals surface area contributed by atoms with Crippen LogP contribution in [0.4, 0.5) is 0 Å². The fraction of sp³-hybridized carbons (Fsp3) is 0.368. The van der Waals surface area contributed by atoms with Gasteiger partial charge in [-0.25, -0.2) is 0 Å². The smallest absolute Gasteiger partial charge is 0.231 e. The van der Waals surface area contributed by atoms with E-state index in [0.717, 1.165) is 36.4 Å². The molecule has 1 heterocycles. The van der Waals surface area contributed by atoms with Crippen LogP contribution in [0.3, 0.4) is 0 Å². The van der Waals surface area contributed by atoms with Crippen molar-refractivity contribution in [3.05, 3.63) is 48.0 Å². The summed E-state index contributed by atoms with van der Waals surface area (Å²) in [5.74, 6) is 2.35. The lowest BCUT2D eigenvalue weighted by atomic mass is 9.97. The van der Waals surface area contributed by atoms with Crippen LogP contribution in [-0.2, 0) is 6.42 Å². The maximum Gasteiger partial charge on any atom is 0.231 e. The molecule has 2 aromatic rings. The van der Waals surface area contributed by atoms with Gasteiger partial charge in [0.2, 0.25) is 6.79 Å². The summed E-state index contributed by atoms with van der Waals surface area (Å²) in [5.41, 5.74) is 9.35. The number of hydrogen-bond donors (Lipinski definition) is 1. The second kappa shape index (κ2) is 6.84. The third-order valence-electron chi connectivity index (χ3n) is 4.25. The van der Waals surface area contributed by atoms with E-state index in [2.05, 4.69) is 37.3 Å². The highest BCUT2D eigenvalue weighted by molar-refractivity contribution is 5.67. The van der Waals surface area contributed by atoms with Crippen LogP contribution < -0.4 is 15.2 Å². The van der Waals surface area contributed by atoms with Crippen molar-refractivity contribution in [1.82, 2.24) is 0 Å². The highest BCUT2D eigenvalue weighted by Crippen LogP contribution is 2.35. The van der Waals surface area contributed by atoms with Crippen LogP contribution in [-0.4, -0.2) is 13.3 Å². The number of ether oxygens (including phenoxy) is 2. The second-order valence-corrected chi connectivity index (χ2v) is 5.99. The maximum absolute atomic E-state index is 5.60. The molecule has 1 aliphatic heterocycles. The first-order chi connectivity index (χ1) is 10.8. The molecule has 0 saturated heterocycles. The lowest BCUT2D eigenvalue weighted by Crippen LogP contribution is -2.06. The topological polar surface area (TPSA) is 44.5 Å². The SMILES string of the molecule is CC(CCN)CCc1ccc(-c2ccc3c(c2)OCO3)cc1. The van der Waals surface area contributed by atoms with E-state index >= 15 is 0 Å². The highest BCUT2D eigenvalue weighted by Gasteiger charge is 2.13. The normalized spacial score (nSPS) is 14.1. The summed E-state index contributed by atoms with van der Waals surface area (Å²) in [6.07, 6.45) is 3.42. The summed E-state index contributed by atoms with van der Waals surface area (Å²) in [6.45, 7) is 3.37. The summed E-state index contributed by atoms with van der Waals surface area (Å²) >= 11 is 0. The molecule has 3 nitrogen and oxygen atoms in total. The van der Waals surface area contributed by atoms with Crippen molar-refractivity contribution in [2.24, 2.45) is 11.7 Å².